The second-order valence-electron chi connectivity index (χ2n) is 8.37. The van der Waals surface area contributed by atoms with E-state index < -0.39 is 11.6 Å². The molecule has 11 heteroatoms. The van der Waals surface area contributed by atoms with Crippen molar-refractivity contribution in [3.8, 4) is 11.6 Å². The predicted octanol–water partition coefficient (Wildman–Crippen LogP) is 4.20. The lowest BCUT2D eigenvalue weighted by Gasteiger charge is -2.32. The zero-order valence-corrected chi connectivity index (χ0v) is 19.0. The van der Waals surface area contributed by atoms with Crippen LogP contribution >= 0.6 is 0 Å². The summed E-state index contributed by atoms with van der Waals surface area (Å²) in [5, 5.41) is 10.6. The number of benzene rings is 1. The van der Waals surface area contributed by atoms with E-state index in [2.05, 4.69) is 49.3 Å². The number of piperazine rings is 1. The van der Waals surface area contributed by atoms with Crippen LogP contribution < -0.4 is 15.0 Å². The highest BCUT2D eigenvalue weighted by Crippen LogP contribution is 2.33. The third-order valence-electron chi connectivity index (χ3n) is 5.79. The first kappa shape index (κ1) is 22.1. The lowest BCUT2D eigenvalue weighted by molar-refractivity contribution is 0.310. The number of nitrogens with one attached hydrogen (secondary N) is 3. The van der Waals surface area contributed by atoms with Gasteiger partial charge < -0.3 is 24.8 Å². The van der Waals surface area contributed by atoms with Gasteiger partial charge in [-0.25, -0.2) is 8.78 Å². The Morgan fingerprint density at radius 3 is 2.71 bits per heavy atom. The molecule has 0 spiro atoms. The zero-order chi connectivity index (χ0) is 23.7. The molecule has 4 aromatic rings. The van der Waals surface area contributed by atoms with Crippen LogP contribution in [0.5, 0.6) is 11.6 Å². The molecule has 3 aromatic heterocycles. The van der Waals surface area contributed by atoms with Crippen LogP contribution in [0.3, 0.4) is 0 Å². The van der Waals surface area contributed by atoms with Crippen molar-refractivity contribution in [1.29, 1.82) is 0 Å². The Morgan fingerprint density at radius 1 is 1.09 bits per heavy atom. The Kier molecular flexibility index (Phi) is 6.01. The Morgan fingerprint density at radius 2 is 1.91 bits per heavy atom. The second-order valence-corrected chi connectivity index (χ2v) is 8.37. The van der Waals surface area contributed by atoms with Gasteiger partial charge in [0.2, 0.25) is 11.8 Å². The number of aryl methyl sites for hydroxylation is 1. The van der Waals surface area contributed by atoms with Gasteiger partial charge in [-0.15, -0.1) is 0 Å². The fourth-order valence-corrected chi connectivity index (χ4v) is 3.95. The molecule has 1 fully saturated rings. The highest BCUT2D eigenvalue weighted by atomic mass is 19.1. The molecule has 1 aliphatic rings. The lowest BCUT2D eigenvalue weighted by Crippen LogP contribution is -2.45. The third kappa shape index (κ3) is 4.51. The molecule has 5 rings (SSSR count). The molecule has 34 heavy (non-hydrogen) atoms. The van der Waals surface area contributed by atoms with Crippen molar-refractivity contribution in [3.63, 3.8) is 0 Å². The number of hydrogen-bond acceptors (Lipinski definition) is 7. The molecular weight excluding hydrogens is 442 g/mol. The normalized spacial score (nSPS) is 14.6. The molecule has 0 unspecified atom stereocenters. The number of nitrogens with zero attached hydrogens (tertiary/aromatic N) is 5. The summed E-state index contributed by atoms with van der Waals surface area (Å²) in [6.45, 7) is 5.29. The van der Waals surface area contributed by atoms with E-state index >= 15 is 0 Å². The summed E-state index contributed by atoms with van der Waals surface area (Å²) in [4.78, 5) is 16.1. The van der Waals surface area contributed by atoms with Gasteiger partial charge in [-0.2, -0.15) is 15.1 Å². The summed E-state index contributed by atoms with van der Waals surface area (Å²) < 4.78 is 35.2. The van der Waals surface area contributed by atoms with Gasteiger partial charge in [0.15, 0.2) is 23.2 Å². The van der Waals surface area contributed by atoms with Gasteiger partial charge in [-0.3, -0.25) is 5.10 Å². The Balaban J connectivity index is 1.48. The number of likely N-dealkylation sites (N-methyl/N-ethyl adjacent to an activating group) is 1. The van der Waals surface area contributed by atoms with Crippen LogP contribution in [-0.2, 0) is 6.42 Å². The predicted molar refractivity (Wildman–Crippen MR) is 126 cm³/mol. The number of fused-ring (bicyclic) bond motifs is 1. The smallest absolute Gasteiger partial charge is 0.230 e. The summed E-state index contributed by atoms with van der Waals surface area (Å²) in [5.41, 5.74) is 1.10. The highest BCUT2D eigenvalue weighted by molar-refractivity contribution is 5.82. The molecule has 178 valence electrons. The van der Waals surface area contributed by atoms with Crippen LogP contribution in [0.25, 0.3) is 10.9 Å². The summed E-state index contributed by atoms with van der Waals surface area (Å²) in [5.74, 6) is 0.0699. The van der Waals surface area contributed by atoms with Crippen LogP contribution in [0.2, 0.25) is 0 Å². The number of aromatic amines is 2. The van der Waals surface area contributed by atoms with Crippen LogP contribution in [0.4, 0.5) is 26.4 Å². The molecular formula is C23H26F2N8O. The van der Waals surface area contributed by atoms with Gasteiger partial charge >= 0.3 is 0 Å². The molecule has 0 bridgehead atoms. The Hall–Kier alpha value is -3.73. The molecule has 1 aromatic carbocycles. The fourth-order valence-electron chi connectivity index (χ4n) is 3.95. The summed E-state index contributed by atoms with van der Waals surface area (Å²) >= 11 is 0. The van der Waals surface area contributed by atoms with Crippen LogP contribution in [0.15, 0.2) is 30.5 Å². The van der Waals surface area contributed by atoms with E-state index in [9.17, 15) is 8.78 Å². The first-order valence-electron chi connectivity index (χ1n) is 11.3. The van der Waals surface area contributed by atoms with Gasteiger partial charge in [-0.05, 0) is 19.5 Å². The molecule has 0 atom stereocenters. The number of ether oxygens (including phenoxy) is 1. The maximum absolute atomic E-state index is 15.0. The van der Waals surface area contributed by atoms with Gasteiger partial charge in [0, 0.05) is 61.7 Å². The van der Waals surface area contributed by atoms with Gasteiger partial charge in [0.25, 0.3) is 0 Å². The molecule has 1 aliphatic heterocycles. The minimum atomic E-state index is -0.663. The molecule has 0 aliphatic carbocycles. The van der Waals surface area contributed by atoms with Crippen LogP contribution in [0, 0.1) is 11.6 Å². The number of H-pyrrole nitrogens is 2. The quantitative estimate of drug-likeness (QED) is 0.374. The number of anilines is 3. The van der Waals surface area contributed by atoms with E-state index in [-0.39, 0.29) is 22.5 Å². The van der Waals surface area contributed by atoms with E-state index in [1.54, 1.807) is 6.07 Å². The largest absolute Gasteiger partial charge is 0.436 e. The molecule has 3 N–H and O–H groups in total. The van der Waals surface area contributed by atoms with Crippen molar-refractivity contribution in [1.82, 2.24) is 30.0 Å². The average molecular weight is 469 g/mol. The average Bonchev–Trinajstić information content (AvgIpc) is 3.48. The van der Waals surface area contributed by atoms with E-state index in [4.69, 9.17) is 4.74 Å². The standard InChI is InChI=1S/C23H26F2N8O/c1-3-4-14-11-19(31-30-14)27-18-13-20(29-23(28-18)33-9-7-32(2)8-10-33)34-17-12-16(24)22-15(21(17)25)5-6-26-22/h5-6,11-13,26H,3-4,7-10H2,1-2H3,(H2,27,28,29,30,31). The first-order valence-corrected chi connectivity index (χ1v) is 11.3. The maximum Gasteiger partial charge on any atom is 0.230 e. The van der Waals surface area contributed by atoms with Crippen molar-refractivity contribution < 1.29 is 13.5 Å². The van der Waals surface area contributed by atoms with Crippen LogP contribution in [-0.4, -0.2) is 63.3 Å². The minimum absolute atomic E-state index is 0.0921. The van der Waals surface area contributed by atoms with Gasteiger partial charge in [0.1, 0.15) is 5.82 Å². The van der Waals surface area contributed by atoms with E-state index in [0.29, 0.717) is 17.6 Å². The highest BCUT2D eigenvalue weighted by Gasteiger charge is 2.21. The summed E-state index contributed by atoms with van der Waals surface area (Å²) in [7, 11) is 2.06. The number of halogens is 2. The number of hydrogen-bond donors (Lipinski definition) is 3. The van der Waals surface area contributed by atoms with E-state index in [0.717, 1.165) is 50.8 Å². The van der Waals surface area contributed by atoms with Crippen molar-refractivity contribution in [3.05, 3.63) is 47.8 Å². The SMILES string of the molecule is CCCc1cc(Nc2cc(Oc3cc(F)c4[nH]ccc4c3F)nc(N3CCN(C)CC3)n2)n[nH]1. The maximum atomic E-state index is 15.0. The Bertz CT molecular complexity index is 1300. The summed E-state index contributed by atoms with van der Waals surface area (Å²) in [6.07, 6.45) is 3.36. The van der Waals surface area contributed by atoms with Gasteiger partial charge in [-0.1, -0.05) is 13.3 Å². The second kappa shape index (κ2) is 9.26. The molecule has 0 saturated carbocycles. The summed E-state index contributed by atoms with van der Waals surface area (Å²) in [6, 6.07) is 5.95. The number of aromatic nitrogens is 5. The van der Waals surface area contributed by atoms with E-state index in [1.807, 2.05) is 11.0 Å². The minimum Gasteiger partial charge on any atom is -0.436 e. The zero-order valence-electron chi connectivity index (χ0n) is 19.0. The van der Waals surface area contributed by atoms with E-state index in [1.165, 1.54) is 12.3 Å². The first-order chi connectivity index (χ1) is 16.5. The Labute approximate surface area is 195 Å². The monoisotopic (exact) mass is 468 g/mol. The van der Waals surface area contributed by atoms with Crippen molar-refractivity contribution in [2.75, 3.05) is 43.4 Å². The third-order valence-corrected chi connectivity index (χ3v) is 5.79. The number of rotatable bonds is 7. The van der Waals surface area contributed by atoms with Gasteiger partial charge in [0.05, 0.1) is 5.52 Å². The molecule has 0 amide bonds. The molecule has 4 heterocycles. The van der Waals surface area contributed by atoms with Crippen molar-refractivity contribution in [2.45, 2.75) is 19.8 Å². The molecule has 1 saturated heterocycles. The lowest BCUT2D eigenvalue weighted by atomic mass is 10.2. The van der Waals surface area contributed by atoms with Crippen LogP contribution in [0.1, 0.15) is 19.0 Å². The molecule has 9 nitrogen and oxygen atoms in total. The molecule has 0 radical (unpaired) electrons. The van der Waals surface area contributed by atoms with Crippen molar-refractivity contribution >= 4 is 28.5 Å². The topological polar surface area (TPSA) is 98.0 Å². The van der Waals surface area contributed by atoms with Crippen molar-refractivity contribution in [2.24, 2.45) is 0 Å². The fraction of sp³-hybridized carbons (Fsp3) is 0.348.